The lowest BCUT2D eigenvalue weighted by Gasteiger charge is -2.33. The van der Waals surface area contributed by atoms with E-state index in [1.807, 2.05) is 51.2 Å². The summed E-state index contributed by atoms with van der Waals surface area (Å²) in [5, 5.41) is 16.0. The Morgan fingerprint density at radius 1 is 1.18 bits per heavy atom. The fraction of sp³-hybridized carbons (Fsp3) is 0.393. The third-order valence-electron chi connectivity index (χ3n) is 7.20. The molecule has 0 radical (unpaired) electrons. The van der Waals surface area contributed by atoms with Crippen LogP contribution in [0.5, 0.6) is 0 Å². The molecule has 4 rings (SSSR count). The Balaban J connectivity index is 1.42. The molecule has 1 aliphatic rings. The molecule has 1 fully saturated rings. The number of benzene rings is 2. The van der Waals surface area contributed by atoms with Gasteiger partial charge in [0.05, 0.1) is 23.2 Å². The number of amides is 2. The van der Waals surface area contributed by atoms with Gasteiger partial charge in [-0.15, -0.1) is 0 Å². The lowest BCUT2D eigenvalue weighted by atomic mass is 9.98. The highest BCUT2D eigenvalue weighted by Crippen LogP contribution is 2.22. The number of para-hydroxylation sites is 1. The molecule has 0 spiro atoms. The molecule has 1 saturated heterocycles. The van der Waals surface area contributed by atoms with Crippen LogP contribution in [-0.2, 0) is 26.6 Å². The number of carbonyl (C=O) groups excluding carboxylic acids is 2. The highest BCUT2D eigenvalue weighted by Gasteiger charge is 2.33. The number of morpholine rings is 1. The van der Waals surface area contributed by atoms with E-state index < -0.39 is 22.2 Å². The molecule has 1 unspecified atom stereocenters. The fourth-order valence-electron chi connectivity index (χ4n) is 4.71. The van der Waals surface area contributed by atoms with Gasteiger partial charge < -0.3 is 19.9 Å². The van der Waals surface area contributed by atoms with Gasteiger partial charge in [0, 0.05) is 37.6 Å². The van der Waals surface area contributed by atoms with Crippen LogP contribution in [0.3, 0.4) is 0 Å². The number of ether oxygens (including phenoxy) is 1. The molecular weight excluding hydrogens is 518 g/mol. The van der Waals surface area contributed by atoms with Crippen LogP contribution in [0.15, 0.2) is 59.5 Å². The van der Waals surface area contributed by atoms with Gasteiger partial charge in [0.2, 0.25) is 15.9 Å². The van der Waals surface area contributed by atoms with Gasteiger partial charge >= 0.3 is 0 Å². The van der Waals surface area contributed by atoms with Gasteiger partial charge in [-0.1, -0.05) is 50.6 Å². The van der Waals surface area contributed by atoms with Gasteiger partial charge in [0.1, 0.15) is 17.8 Å². The van der Waals surface area contributed by atoms with Crippen molar-refractivity contribution in [3.8, 4) is 6.07 Å². The summed E-state index contributed by atoms with van der Waals surface area (Å²) in [6, 6.07) is 16.7. The Morgan fingerprint density at radius 3 is 2.62 bits per heavy atom. The number of nitrogens with one attached hydrogen (secondary N) is 2. The van der Waals surface area contributed by atoms with Crippen molar-refractivity contribution in [2.24, 2.45) is 13.0 Å². The van der Waals surface area contributed by atoms with E-state index in [9.17, 15) is 23.3 Å². The van der Waals surface area contributed by atoms with Crippen LogP contribution in [0.1, 0.15) is 36.3 Å². The van der Waals surface area contributed by atoms with E-state index in [1.54, 1.807) is 22.8 Å². The van der Waals surface area contributed by atoms with Gasteiger partial charge in [0.25, 0.3) is 5.91 Å². The number of aryl methyl sites for hydroxylation is 1. The molecule has 2 heterocycles. The van der Waals surface area contributed by atoms with Crippen LogP contribution >= 0.6 is 0 Å². The smallest absolute Gasteiger partial charge is 0.268 e. The van der Waals surface area contributed by atoms with Gasteiger partial charge in [-0.05, 0) is 30.2 Å². The Hall–Kier alpha value is -3.72. The molecule has 39 heavy (non-hydrogen) atoms. The number of hydrogen-bond donors (Lipinski definition) is 2. The largest absolute Gasteiger partial charge is 0.374 e. The Labute approximate surface area is 228 Å². The molecular formula is C28H33N5O5S. The van der Waals surface area contributed by atoms with E-state index in [1.165, 1.54) is 16.4 Å². The number of rotatable bonds is 9. The van der Waals surface area contributed by atoms with Crippen molar-refractivity contribution in [3.05, 3.63) is 65.9 Å². The molecule has 3 atom stereocenters. The first kappa shape index (κ1) is 28.3. The highest BCUT2D eigenvalue weighted by atomic mass is 32.2. The minimum Gasteiger partial charge on any atom is -0.374 e. The predicted molar refractivity (Wildman–Crippen MR) is 146 cm³/mol. The van der Waals surface area contributed by atoms with Crippen LogP contribution in [0.25, 0.3) is 10.9 Å². The number of carbonyl (C=O) groups is 2. The molecule has 1 aromatic heterocycles. The van der Waals surface area contributed by atoms with Crippen LogP contribution in [0.4, 0.5) is 0 Å². The van der Waals surface area contributed by atoms with E-state index in [0.29, 0.717) is 12.1 Å². The highest BCUT2D eigenvalue weighted by molar-refractivity contribution is 7.89. The average Bonchev–Trinajstić information content (AvgIpc) is 3.30. The molecule has 2 aromatic carbocycles. The monoisotopic (exact) mass is 551 g/mol. The van der Waals surface area contributed by atoms with Gasteiger partial charge in [-0.3, -0.25) is 9.59 Å². The van der Waals surface area contributed by atoms with Crippen LogP contribution in [-0.4, -0.2) is 67.5 Å². The second kappa shape index (κ2) is 12.0. The van der Waals surface area contributed by atoms with E-state index >= 15 is 0 Å². The van der Waals surface area contributed by atoms with E-state index in [2.05, 4.69) is 10.6 Å². The first-order chi connectivity index (χ1) is 18.7. The molecule has 206 valence electrons. The standard InChI is InChI=1S/C28H33N5O5S/c1-4-19(2)26(31-27(34)24-15-20-9-5-7-11-23(20)32(24)3)28(35)30-17-22-18-33(13-14-38-22)39(36,37)25-12-8-6-10-21(25)16-29/h5-12,15,19,22,26H,4,13-14,17-18H2,1-3H3,(H,30,35)(H,31,34)/t19-,22?,26-/m0/s1. The molecule has 2 amide bonds. The molecule has 2 N–H and O–H groups in total. The van der Waals surface area contributed by atoms with E-state index in [0.717, 1.165) is 10.9 Å². The predicted octanol–water partition coefficient (Wildman–Crippen LogP) is 2.40. The van der Waals surface area contributed by atoms with Crippen LogP contribution in [0, 0.1) is 17.2 Å². The Morgan fingerprint density at radius 2 is 1.90 bits per heavy atom. The normalized spacial score (nSPS) is 17.7. The second-order valence-corrected chi connectivity index (χ2v) is 11.6. The summed E-state index contributed by atoms with van der Waals surface area (Å²) in [5.74, 6) is -0.860. The summed E-state index contributed by atoms with van der Waals surface area (Å²) in [5.41, 5.74) is 1.44. The summed E-state index contributed by atoms with van der Waals surface area (Å²) in [4.78, 5) is 26.4. The Bertz CT molecular complexity index is 1510. The van der Waals surface area contributed by atoms with Crippen LogP contribution in [0.2, 0.25) is 0 Å². The first-order valence-electron chi connectivity index (χ1n) is 12.9. The number of sulfonamides is 1. The van der Waals surface area contributed by atoms with Crippen molar-refractivity contribution in [2.45, 2.75) is 37.3 Å². The lowest BCUT2D eigenvalue weighted by Crippen LogP contribution is -2.54. The third kappa shape index (κ3) is 5.98. The summed E-state index contributed by atoms with van der Waals surface area (Å²) >= 11 is 0. The quantitative estimate of drug-likeness (QED) is 0.420. The minimum atomic E-state index is -3.91. The van der Waals surface area contributed by atoms with Crippen molar-refractivity contribution >= 4 is 32.7 Å². The number of aromatic nitrogens is 1. The molecule has 0 saturated carbocycles. The topological polar surface area (TPSA) is 134 Å². The summed E-state index contributed by atoms with van der Waals surface area (Å²) in [6.45, 7) is 4.23. The van der Waals surface area contributed by atoms with Crippen molar-refractivity contribution in [1.29, 1.82) is 5.26 Å². The van der Waals surface area contributed by atoms with E-state index in [4.69, 9.17) is 4.74 Å². The number of nitriles is 1. The minimum absolute atomic E-state index is 0.0265. The summed E-state index contributed by atoms with van der Waals surface area (Å²) in [7, 11) is -2.10. The fourth-order valence-corrected chi connectivity index (χ4v) is 6.30. The van der Waals surface area contributed by atoms with Crippen molar-refractivity contribution in [2.75, 3.05) is 26.2 Å². The lowest BCUT2D eigenvalue weighted by molar-refractivity contribution is -0.125. The van der Waals surface area contributed by atoms with Crippen molar-refractivity contribution in [3.63, 3.8) is 0 Å². The molecule has 3 aromatic rings. The van der Waals surface area contributed by atoms with Gasteiger partial charge in [-0.2, -0.15) is 9.57 Å². The number of hydrogen-bond acceptors (Lipinski definition) is 6. The zero-order chi connectivity index (χ0) is 28.2. The van der Waals surface area contributed by atoms with E-state index in [-0.39, 0.29) is 54.4 Å². The zero-order valence-corrected chi connectivity index (χ0v) is 23.1. The molecule has 11 heteroatoms. The maximum Gasteiger partial charge on any atom is 0.268 e. The average molecular weight is 552 g/mol. The zero-order valence-electron chi connectivity index (χ0n) is 22.3. The molecule has 1 aliphatic heterocycles. The first-order valence-corrected chi connectivity index (χ1v) is 14.3. The maximum absolute atomic E-state index is 13.2. The van der Waals surface area contributed by atoms with Gasteiger partial charge in [-0.25, -0.2) is 8.42 Å². The number of nitrogens with zero attached hydrogens (tertiary/aromatic N) is 3. The molecule has 10 nitrogen and oxygen atoms in total. The molecule has 0 bridgehead atoms. The third-order valence-corrected chi connectivity index (χ3v) is 9.12. The summed E-state index contributed by atoms with van der Waals surface area (Å²) in [6.07, 6.45) is 0.0794. The van der Waals surface area contributed by atoms with Crippen molar-refractivity contribution < 1.29 is 22.7 Å². The maximum atomic E-state index is 13.2. The van der Waals surface area contributed by atoms with Gasteiger partial charge in [0.15, 0.2) is 0 Å². The Kier molecular flexibility index (Phi) is 8.70. The SMILES string of the molecule is CC[C@H](C)[C@H](NC(=O)c1cc2ccccc2n1C)C(=O)NCC1CN(S(=O)(=O)c2ccccc2C#N)CCO1. The molecule has 0 aliphatic carbocycles. The van der Waals surface area contributed by atoms with Crippen LogP contribution < -0.4 is 10.6 Å². The van der Waals surface area contributed by atoms with Crippen molar-refractivity contribution in [1.82, 2.24) is 19.5 Å². The summed E-state index contributed by atoms with van der Waals surface area (Å²) < 4.78 is 35.2. The number of fused-ring (bicyclic) bond motifs is 1. The second-order valence-electron chi connectivity index (χ2n) is 9.69.